The number of nitrogens with zero attached hydrogens (tertiary/aromatic N) is 2. The standard InChI is InChI=1S/C13H23N3/c1-5-14-9-12-8-11(4)15-13(16-12)7-6-10(2)3/h8,10,14H,5-7,9H2,1-4H3. The van der Waals surface area contributed by atoms with Crippen LogP contribution in [0.2, 0.25) is 0 Å². The Labute approximate surface area is 98.7 Å². The minimum atomic E-state index is 0.710. The number of aromatic nitrogens is 2. The van der Waals surface area contributed by atoms with Crippen molar-refractivity contribution in [1.82, 2.24) is 15.3 Å². The van der Waals surface area contributed by atoms with Crippen LogP contribution < -0.4 is 5.32 Å². The van der Waals surface area contributed by atoms with Gasteiger partial charge in [-0.3, -0.25) is 0 Å². The average Bonchev–Trinajstić information content (AvgIpc) is 2.23. The molecule has 0 spiro atoms. The molecule has 1 rings (SSSR count). The zero-order valence-corrected chi connectivity index (χ0v) is 10.9. The van der Waals surface area contributed by atoms with E-state index in [4.69, 9.17) is 0 Å². The van der Waals surface area contributed by atoms with E-state index in [-0.39, 0.29) is 0 Å². The summed E-state index contributed by atoms with van der Waals surface area (Å²) in [5, 5.41) is 3.29. The lowest BCUT2D eigenvalue weighted by atomic mass is 10.1. The summed E-state index contributed by atoms with van der Waals surface area (Å²) in [7, 11) is 0. The molecule has 16 heavy (non-hydrogen) atoms. The largest absolute Gasteiger partial charge is 0.311 e. The van der Waals surface area contributed by atoms with Crippen molar-refractivity contribution in [3.8, 4) is 0 Å². The van der Waals surface area contributed by atoms with Gasteiger partial charge >= 0.3 is 0 Å². The first-order valence-corrected chi connectivity index (χ1v) is 6.16. The van der Waals surface area contributed by atoms with Crippen LogP contribution in [-0.2, 0) is 13.0 Å². The van der Waals surface area contributed by atoms with E-state index in [1.807, 2.05) is 6.92 Å². The van der Waals surface area contributed by atoms with Gasteiger partial charge in [-0.05, 0) is 31.9 Å². The van der Waals surface area contributed by atoms with Crippen molar-refractivity contribution in [3.63, 3.8) is 0 Å². The molecule has 0 aliphatic carbocycles. The van der Waals surface area contributed by atoms with E-state index in [1.165, 1.54) is 0 Å². The van der Waals surface area contributed by atoms with Crippen LogP contribution in [0.3, 0.4) is 0 Å². The molecule has 0 atom stereocenters. The fraction of sp³-hybridized carbons (Fsp3) is 0.692. The number of aryl methyl sites for hydroxylation is 2. The fourth-order valence-corrected chi connectivity index (χ4v) is 1.57. The summed E-state index contributed by atoms with van der Waals surface area (Å²) < 4.78 is 0. The molecular weight excluding hydrogens is 198 g/mol. The monoisotopic (exact) mass is 221 g/mol. The van der Waals surface area contributed by atoms with Crippen LogP contribution in [0.1, 0.15) is 44.4 Å². The van der Waals surface area contributed by atoms with Crippen molar-refractivity contribution in [1.29, 1.82) is 0 Å². The van der Waals surface area contributed by atoms with Gasteiger partial charge in [-0.1, -0.05) is 20.8 Å². The summed E-state index contributed by atoms with van der Waals surface area (Å²) in [4.78, 5) is 9.04. The number of hydrogen-bond donors (Lipinski definition) is 1. The molecule has 0 saturated carbocycles. The fourth-order valence-electron chi connectivity index (χ4n) is 1.57. The molecule has 0 fully saturated rings. The Morgan fingerprint density at radius 3 is 2.69 bits per heavy atom. The molecule has 1 heterocycles. The van der Waals surface area contributed by atoms with Crippen molar-refractivity contribution in [2.45, 2.75) is 47.1 Å². The summed E-state index contributed by atoms with van der Waals surface area (Å²) in [6, 6.07) is 2.06. The van der Waals surface area contributed by atoms with E-state index in [9.17, 15) is 0 Å². The van der Waals surface area contributed by atoms with Crippen LogP contribution in [0.4, 0.5) is 0 Å². The van der Waals surface area contributed by atoms with E-state index in [2.05, 4.69) is 42.1 Å². The topological polar surface area (TPSA) is 37.8 Å². The minimum Gasteiger partial charge on any atom is -0.311 e. The minimum absolute atomic E-state index is 0.710. The van der Waals surface area contributed by atoms with Gasteiger partial charge in [0, 0.05) is 18.7 Å². The van der Waals surface area contributed by atoms with Gasteiger partial charge < -0.3 is 5.32 Å². The lowest BCUT2D eigenvalue weighted by Gasteiger charge is -2.07. The zero-order valence-electron chi connectivity index (χ0n) is 10.9. The highest BCUT2D eigenvalue weighted by molar-refractivity contribution is 5.10. The highest BCUT2D eigenvalue weighted by atomic mass is 14.9. The molecule has 3 heteroatoms. The van der Waals surface area contributed by atoms with E-state index in [0.29, 0.717) is 5.92 Å². The third-order valence-corrected chi connectivity index (χ3v) is 2.45. The van der Waals surface area contributed by atoms with Gasteiger partial charge in [0.1, 0.15) is 5.82 Å². The average molecular weight is 221 g/mol. The van der Waals surface area contributed by atoms with Crippen molar-refractivity contribution < 1.29 is 0 Å². The van der Waals surface area contributed by atoms with E-state index in [0.717, 1.165) is 43.1 Å². The third-order valence-electron chi connectivity index (χ3n) is 2.45. The molecule has 1 aromatic rings. The van der Waals surface area contributed by atoms with Crippen molar-refractivity contribution in [2.24, 2.45) is 5.92 Å². The van der Waals surface area contributed by atoms with Gasteiger partial charge in [0.25, 0.3) is 0 Å². The molecule has 90 valence electrons. The second kappa shape index (κ2) is 6.59. The molecule has 0 unspecified atom stereocenters. The predicted octanol–water partition coefficient (Wildman–Crippen LogP) is 2.48. The summed E-state index contributed by atoms with van der Waals surface area (Å²) in [6.45, 7) is 10.4. The van der Waals surface area contributed by atoms with E-state index < -0.39 is 0 Å². The van der Waals surface area contributed by atoms with Crippen LogP contribution in [0.5, 0.6) is 0 Å². The molecule has 1 aromatic heterocycles. The molecule has 0 saturated heterocycles. The third kappa shape index (κ3) is 4.71. The van der Waals surface area contributed by atoms with E-state index >= 15 is 0 Å². The molecule has 0 aromatic carbocycles. The van der Waals surface area contributed by atoms with Crippen LogP contribution in [0.15, 0.2) is 6.07 Å². The van der Waals surface area contributed by atoms with Gasteiger partial charge in [-0.25, -0.2) is 9.97 Å². The second-order valence-electron chi connectivity index (χ2n) is 4.63. The van der Waals surface area contributed by atoms with Gasteiger partial charge in [-0.15, -0.1) is 0 Å². The first-order chi connectivity index (χ1) is 7.61. The Bertz CT molecular complexity index is 321. The quantitative estimate of drug-likeness (QED) is 0.802. The Morgan fingerprint density at radius 1 is 1.31 bits per heavy atom. The Kier molecular flexibility index (Phi) is 5.39. The Balaban J connectivity index is 2.65. The Hall–Kier alpha value is -0.960. The van der Waals surface area contributed by atoms with E-state index in [1.54, 1.807) is 0 Å². The first kappa shape index (κ1) is 13.1. The first-order valence-electron chi connectivity index (χ1n) is 6.16. The van der Waals surface area contributed by atoms with Crippen LogP contribution in [0, 0.1) is 12.8 Å². The molecule has 3 nitrogen and oxygen atoms in total. The van der Waals surface area contributed by atoms with Gasteiger partial charge in [0.05, 0.1) is 5.69 Å². The highest BCUT2D eigenvalue weighted by Crippen LogP contribution is 2.07. The normalized spacial score (nSPS) is 11.1. The van der Waals surface area contributed by atoms with Crippen molar-refractivity contribution in [3.05, 3.63) is 23.3 Å². The number of nitrogens with one attached hydrogen (secondary N) is 1. The van der Waals surface area contributed by atoms with Crippen molar-refractivity contribution in [2.75, 3.05) is 6.54 Å². The molecule has 0 aliphatic heterocycles. The zero-order chi connectivity index (χ0) is 12.0. The van der Waals surface area contributed by atoms with Gasteiger partial charge in [0.2, 0.25) is 0 Å². The van der Waals surface area contributed by atoms with Crippen molar-refractivity contribution >= 4 is 0 Å². The SMILES string of the molecule is CCNCc1cc(C)nc(CCC(C)C)n1. The van der Waals surface area contributed by atoms with Crippen LogP contribution >= 0.6 is 0 Å². The van der Waals surface area contributed by atoms with Crippen LogP contribution in [-0.4, -0.2) is 16.5 Å². The maximum atomic E-state index is 4.57. The summed E-state index contributed by atoms with van der Waals surface area (Å²) in [5.74, 6) is 1.70. The maximum Gasteiger partial charge on any atom is 0.128 e. The van der Waals surface area contributed by atoms with Crippen LogP contribution in [0.25, 0.3) is 0 Å². The lowest BCUT2D eigenvalue weighted by molar-refractivity contribution is 0.571. The van der Waals surface area contributed by atoms with Gasteiger partial charge in [0.15, 0.2) is 0 Å². The second-order valence-corrected chi connectivity index (χ2v) is 4.63. The summed E-state index contributed by atoms with van der Waals surface area (Å²) in [5.41, 5.74) is 2.18. The maximum absolute atomic E-state index is 4.57. The lowest BCUT2D eigenvalue weighted by Crippen LogP contribution is -2.14. The smallest absolute Gasteiger partial charge is 0.128 e. The molecule has 0 aliphatic rings. The number of hydrogen-bond acceptors (Lipinski definition) is 3. The molecule has 0 bridgehead atoms. The predicted molar refractivity (Wildman–Crippen MR) is 67.3 cm³/mol. The number of rotatable bonds is 6. The molecule has 0 radical (unpaired) electrons. The summed E-state index contributed by atoms with van der Waals surface area (Å²) >= 11 is 0. The molecule has 0 amide bonds. The van der Waals surface area contributed by atoms with Gasteiger partial charge in [-0.2, -0.15) is 0 Å². The molecular formula is C13H23N3. The highest BCUT2D eigenvalue weighted by Gasteiger charge is 2.03. The Morgan fingerprint density at radius 2 is 2.06 bits per heavy atom. The molecule has 1 N–H and O–H groups in total. The summed E-state index contributed by atoms with van der Waals surface area (Å²) in [6.07, 6.45) is 2.14.